The molecule has 0 atom stereocenters. The summed E-state index contributed by atoms with van der Waals surface area (Å²) < 4.78 is 15.7. The summed E-state index contributed by atoms with van der Waals surface area (Å²) in [6, 6.07) is 8.21. The van der Waals surface area contributed by atoms with E-state index in [1.54, 1.807) is 6.07 Å². The Balaban J connectivity index is 1.96. The van der Waals surface area contributed by atoms with E-state index in [-0.39, 0.29) is 29.4 Å². The van der Waals surface area contributed by atoms with E-state index in [2.05, 4.69) is 26.0 Å². The van der Waals surface area contributed by atoms with Crippen LogP contribution in [0.5, 0.6) is 11.5 Å². The Labute approximate surface area is 196 Å². The quantitative estimate of drug-likeness (QED) is 0.351. The van der Waals surface area contributed by atoms with Crippen molar-refractivity contribution in [2.24, 2.45) is 0 Å². The van der Waals surface area contributed by atoms with Crippen molar-refractivity contribution in [3.8, 4) is 11.5 Å². The van der Waals surface area contributed by atoms with E-state index in [1.807, 2.05) is 0 Å². The van der Waals surface area contributed by atoms with E-state index in [4.69, 9.17) is 21.1 Å². The minimum atomic E-state index is -0.871. The minimum absolute atomic E-state index is 0.234. The molecule has 2 aromatic carbocycles. The smallest absolute Gasteiger partial charge is 0.343 e. The Hall–Kier alpha value is -3.37. The molecule has 1 aliphatic heterocycles. The predicted molar refractivity (Wildman–Crippen MR) is 119 cm³/mol. The molecular formula is C21H16BrClN2O7. The number of benzene rings is 2. The third-order valence-electron chi connectivity index (χ3n) is 4.31. The molecular weight excluding hydrogens is 508 g/mol. The van der Waals surface area contributed by atoms with Gasteiger partial charge in [-0.1, -0.05) is 11.6 Å². The summed E-state index contributed by atoms with van der Waals surface area (Å²) >= 11 is 9.19. The van der Waals surface area contributed by atoms with Crippen LogP contribution in [-0.2, 0) is 19.1 Å². The fourth-order valence-electron chi connectivity index (χ4n) is 2.80. The van der Waals surface area contributed by atoms with Crippen LogP contribution in [-0.4, -0.2) is 44.6 Å². The Bertz CT molecular complexity index is 1130. The molecule has 0 bridgehead atoms. The summed E-state index contributed by atoms with van der Waals surface area (Å²) in [6.45, 7) is -0.342. The van der Waals surface area contributed by atoms with Gasteiger partial charge in [-0.3, -0.25) is 14.9 Å². The van der Waals surface area contributed by atoms with Crippen molar-refractivity contribution >= 4 is 63.1 Å². The summed E-state index contributed by atoms with van der Waals surface area (Å²) in [6.07, 6.45) is 1.31. The number of hydrogen-bond acceptors (Lipinski definition) is 7. The number of rotatable bonds is 6. The van der Waals surface area contributed by atoms with Gasteiger partial charge in [-0.15, -0.1) is 0 Å². The average Bonchev–Trinajstić information content (AvgIpc) is 2.76. The molecule has 0 saturated carbocycles. The second-order valence-corrected chi connectivity index (χ2v) is 7.62. The molecule has 0 radical (unpaired) electrons. The molecule has 3 rings (SSSR count). The zero-order valence-electron chi connectivity index (χ0n) is 16.8. The van der Waals surface area contributed by atoms with Crippen LogP contribution >= 0.6 is 27.5 Å². The molecule has 1 heterocycles. The molecule has 1 fully saturated rings. The third kappa shape index (κ3) is 4.92. The molecule has 0 aromatic heterocycles. The molecule has 2 aromatic rings. The number of urea groups is 1. The SMILES string of the molecule is COC(=O)COc1c(Br)cc(/C=C2\C(=O)NC(=O)N(c3ccc(Cl)cc3)C2=O)cc1OC. The maximum Gasteiger partial charge on any atom is 0.343 e. The van der Waals surface area contributed by atoms with E-state index in [0.29, 0.717) is 15.1 Å². The molecule has 1 saturated heterocycles. The second-order valence-electron chi connectivity index (χ2n) is 6.33. The van der Waals surface area contributed by atoms with Crippen LogP contribution < -0.4 is 19.7 Å². The Kier molecular flexibility index (Phi) is 7.16. The minimum Gasteiger partial charge on any atom is -0.493 e. The largest absolute Gasteiger partial charge is 0.493 e. The first-order valence-corrected chi connectivity index (χ1v) is 10.2. The molecule has 1 aliphatic rings. The highest BCUT2D eigenvalue weighted by Gasteiger charge is 2.36. The van der Waals surface area contributed by atoms with Gasteiger partial charge in [0.1, 0.15) is 5.57 Å². The number of nitrogens with zero attached hydrogens (tertiary/aromatic N) is 1. The van der Waals surface area contributed by atoms with Gasteiger partial charge in [0.05, 0.1) is 24.4 Å². The number of carbonyl (C=O) groups excluding carboxylic acids is 4. The number of ether oxygens (including phenoxy) is 3. The number of imide groups is 2. The van der Waals surface area contributed by atoms with Gasteiger partial charge in [0.2, 0.25) is 0 Å². The standard InChI is InChI=1S/C21H16BrClN2O7/c1-30-16-9-11(8-15(22)18(16)32-10-17(26)31-2)7-14-19(27)24-21(29)25(20(14)28)13-5-3-12(23)4-6-13/h3-9H,10H2,1-2H3,(H,24,27,29)/b14-7+. The van der Waals surface area contributed by atoms with Crippen LogP contribution in [0.4, 0.5) is 10.5 Å². The van der Waals surface area contributed by atoms with Crippen molar-refractivity contribution in [3.05, 3.63) is 57.0 Å². The van der Waals surface area contributed by atoms with Gasteiger partial charge in [-0.25, -0.2) is 14.5 Å². The normalized spacial score (nSPS) is 14.9. The average molecular weight is 524 g/mol. The van der Waals surface area contributed by atoms with Crippen molar-refractivity contribution in [2.45, 2.75) is 0 Å². The van der Waals surface area contributed by atoms with Crippen LogP contribution in [0.1, 0.15) is 5.56 Å². The fourth-order valence-corrected chi connectivity index (χ4v) is 3.50. The number of carbonyl (C=O) groups is 4. The summed E-state index contributed by atoms with van der Waals surface area (Å²) in [4.78, 5) is 49.8. The number of methoxy groups -OCH3 is 2. The Morgan fingerprint density at radius 3 is 2.47 bits per heavy atom. The van der Waals surface area contributed by atoms with Gasteiger partial charge in [-0.2, -0.15) is 0 Å². The number of nitrogens with one attached hydrogen (secondary N) is 1. The Morgan fingerprint density at radius 1 is 1.16 bits per heavy atom. The molecule has 32 heavy (non-hydrogen) atoms. The maximum atomic E-state index is 13.0. The number of barbiturate groups is 1. The van der Waals surface area contributed by atoms with Gasteiger partial charge in [0.15, 0.2) is 18.1 Å². The number of anilines is 1. The number of halogens is 2. The first-order valence-electron chi connectivity index (χ1n) is 8.99. The van der Waals surface area contributed by atoms with Gasteiger partial charge in [-0.05, 0) is 64.0 Å². The lowest BCUT2D eigenvalue weighted by molar-refractivity contribution is -0.143. The van der Waals surface area contributed by atoms with Crippen LogP contribution in [0, 0.1) is 0 Å². The van der Waals surface area contributed by atoms with Gasteiger partial charge in [0, 0.05) is 5.02 Å². The number of esters is 1. The summed E-state index contributed by atoms with van der Waals surface area (Å²) in [5.41, 5.74) is 0.389. The third-order valence-corrected chi connectivity index (χ3v) is 5.15. The molecule has 0 spiro atoms. The van der Waals surface area contributed by atoms with E-state index in [1.165, 1.54) is 50.6 Å². The second kappa shape index (κ2) is 9.84. The lowest BCUT2D eigenvalue weighted by atomic mass is 10.1. The molecule has 9 nitrogen and oxygen atoms in total. The summed E-state index contributed by atoms with van der Waals surface area (Å²) in [5, 5.41) is 2.57. The van der Waals surface area contributed by atoms with Crippen molar-refractivity contribution < 1.29 is 33.4 Å². The lowest BCUT2D eigenvalue weighted by Crippen LogP contribution is -2.54. The summed E-state index contributed by atoms with van der Waals surface area (Å²) in [7, 11) is 2.63. The maximum absolute atomic E-state index is 13.0. The molecule has 0 aliphatic carbocycles. The van der Waals surface area contributed by atoms with E-state index in [0.717, 1.165) is 4.90 Å². The van der Waals surface area contributed by atoms with Crippen LogP contribution in [0.2, 0.25) is 5.02 Å². The highest BCUT2D eigenvalue weighted by molar-refractivity contribution is 9.10. The number of amides is 4. The molecule has 1 N–H and O–H groups in total. The van der Waals surface area contributed by atoms with Crippen LogP contribution in [0.25, 0.3) is 6.08 Å². The molecule has 4 amide bonds. The fraction of sp³-hybridized carbons (Fsp3) is 0.143. The summed E-state index contributed by atoms with van der Waals surface area (Å²) in [5.74, 6) is -1.75. The lowest BCUT2D eigenvalue weighted by Gasteiger charge is -2.26. The van der Waals surface area contributed by atoms with Crippen molar-refractivity contribution in [1.82, 2.24) is 5.32 Å². The van der Waals surface area contributed by atoms with Gasteiger partial charge < -0.3 is 14.2 Å². The predicted octanol–water partition coefficient (Wildman–Crippen LogP) is 3.33. The highest BCUT2D eigenvalue weighted by Crippen LogP contribution is 2.37. The van der Waals surface area contributed by atoms with E-state index >= 15 is 0 Å². The van der Waals surface area contributed by atoms with Gasteiger partial charge in [0.25, 0.3) is 11.8 Å². The zero-order chi connectivity index (χ0) is 23.4. The molecule has 166 valence electrons. The van der Waals surface area contributed by atoms with Crippen molar-refractivity contribution in [3.63, 3.8) is 0 Å². The topological polar surface area (TPSA) is 111 Å². The van der Waals surface area contributed by atoms with Gasteiger partial charge >= 0.3 is 12.0 Å². The molecule has 11 heteroatoms. The van der Waals surface area contributed by atoms with Crippen molar-refractivity contribution in [2.75, 3.05) is 25.7 Å². The monoisotopic (exact) mass is 522 g/mol. The first kappa shape index (κ1) is 23.3. The molecule has 0 unspecified atom stereocenters. The Morgan fingerprint density at radius 2 is 1.84 bits per heavy atom. The van der Waals surface area contributed by atoms with Crippen molar-refractivity contribution in [1.29, 1.82) is 0 Å². The zero-order valence-corrected chi connectivity index (χ0v) is 19.2. The van der Waals surface area contributed by atoms with Crippen LogP contribution in [0.15, 0.2) is 46.4 Å². The van der Waals surface area contributed by atoms with Crippen LogP contribution in [0.3, 0.4) is 0 Å². The van der Waals surface area contributed by atoms with E-state index in [9.17, 15) is 19.2 Å². The number of hydrogen-bond donors (Lipinski definition) is 1. The highest BCUT2D eigenvalue weighted by atomic mass is 79.9. The van der Waals surface area contributed by atoms with E-state index < -0.39 is 23.8 Å². The first-order chi connectivity index (χ1) is 15.2.